The summed E-state index contributed by atoms with van der Waals surface area (Å²) in [6.45, 7) is 2.50. The Hall–Kier alpha value is -1.36. The van der Waals surface area contributed by atoms with Gasteiger partial charge in [0.2, 0.25) is 0 Å². The fourth-order valence-corrected chi connectivity index (χ4v) is 1.02. The highest BCUT2D eigenvalue weighted by molar-refractivity contribution is 5.71. The van der Waals surface area contributed by atoms with Gasteiger partial charge in [0.15, 0.2) is 0 Å². The van der Waals surface area contributed by atoms with Gasteiger partial charge in [-0.1, -0.05) is 0 Å². The van der Waals surface area contributed by atoms with E-state index in [1.807, 2.05) is 0 Å². The van der Waals surface area contributed by atoms with E-state index >= 15 is 0 Å². The molecule has 0 atom stereocenters. The highest BCUT2D eigenvalue weighted by Gasteiger charge is 2.07. The van der Waals surface area contributed by atoms with Crippen LogP contribution in [0, 0.1) is 0 Å². The van der Waals surface area contributed by atoms with Crippen LogP contribution in [0.2, 0.25) is 0 Å². The molecule has 1 aromatic rings. The number of imidazole rings is 1. The summed E-state index contributed by atoms with van der Waals surface area (Å²) in [6.07, 6.45) is 3.43. The van der Waals surface area contributed by atoms with Crippen LogP contribution in [0.25, 0.3) is 0 Å². The molecule has 0 aromatic carbocycles. The van der Waals surface area contributed by atoms with Gasteiger partial charge < -0.3 is 15.0 Å². The Morgan fingerprint density at radius 1 is 1.77 bits per heavy atom. The van der Waals surface area contributed by atoms with E-state index in [4.69, 9.17) is 10.5 Å². The summed E-state index contributed by atoms with van der Waals surface area (Å²) in [6, 6.07) is 0. The van der Waals surface area contributed by atoms with Gasteiger partial charge in [0.25, 0.3) is 0 Å². The van der Waals surface area contributed by atoms with E-state index in [0.717, 1.165) is 5.69 Å². The molecule has 0 fully saturated rings. The number of rotatable bonds is 4. The molecule has 1 heterocycles. The van der Waals surface area contributed by atoms with E-state index in [-0.39, 0.29) is 12.4 Å². The molecule has 72 valence electrons. The number of esters is 1. The molecule has 0 aliphatic carbocycles. The van der Waals surface area contributed by atoms with Gasteiger partial charge in [-0.15, -0.1) is 0 Å². The Bertz CT molecular complexity index is 283. The van der Waals surface area contributed by atoms with Gasteiger partial charge in [0, 0.05) is 11.9 Å². The standard InChI is InChI=1S/C8H13N3O2/c1-2-13-8(12)3-7-4-10-6-11(7)5-9/h4,6H,2-3,5,9H2,1H3. The lowest BCUT2D eigenvalue weighted by molar-refractivity contribution is -0.142. The smallest absolute Gasteiger partial charge is 0.311 e. The second-order valence-corrected chi connectivity index (χ2v) is 2.52. The summed E-state index contributed by atoms with van der Waals surface area (Å²) in [5, 5.41) is 0. The Morgan fingerprint density at radius 2 is 2.54 bits per heavy atom. The van der Waals surface area contributed by atoms with Crippen molar-refractivity contribution in [3.05, 3.63) is 18.2 Å². The molecular formula is C8H13N3O2. The van der Waals surface area contributed by atoms with Gasteiger partial charge in [-0.25, -0.2) is 4.98 Å². The van der Waals surface area contributed by atoms with Crippen molar-refractivity contribution in [2.45, 2.75) is 20.0 Å². The third kappa shape index (κ3) is 2.55. The predicted octanol–water partition coefficient (Wildman–Crippen LogP) is -0.0951. The quantitative estimate of drug-likeness (QED) is 0.662. The van der Waals surface area contributed by atoms with Crippen molar-refractivity contribution < 1.29 is 9.53 Å². The molecule has 5 heteroatoms. The number of hydrogen-bond acceptors (Lipinski definition) is 4. The zero-order valence-electron chi connectivity index (χ0n) is 7.56. The molecule has 5 nitrogen and oxygen atoms in total. The van der Waals surface area contributed by atoms with E-state index in [2.05, 4.69) is 4.98 Å². The monoisotopic (exact) mass is 183 g/mol. The number of nitrogens with zero attached hydrogens (tertiary/aromatic N) is 2. The molecule has 1 aromatic heterocycles. The van der Waals surface area contributed by atoms with E-state index in [1.165, 1.54) is 0 Å². The van der Waals surface area contributed by atoms with E-state index < -0.39 is 0 Å². The Morgan fingerprint density at radius 3 is 3.15 bits per heavy atom. The first-order valence-corrected chi connectivity index (χ1v) is 4.12. The minimum Gasteiger partial charge on any atom is -0.466 e. The van der Waals surface area contributed by atoms with E-state index in [0.29, 0.717) is 13.3 Å². The zero-order chi connectivity index (χ0) is 9.68. The molecule has 0 aliphatic rings. The maximum atomic E-state index is 11.1. The molecule has 0 saturated carbocycles. The van der Waals surface area contributed by atoms with Crippen LogP contribution in [-0.2, 0) is 22.6 Å². The third-order valence-corrected chi connectivity index (χ3v) is 1.63. The molecule has 2 N–H and O–H groups in total. The lowest BCUT2D eigenvalue weighted by Crippen LogP contribution is -2.14. The van der Waals surface area contributed by atoms with Crippen LogP contribution in [0.5, 0.6) is 0 Å². The van der Waals surface area contributed by atoms with Gasteiger partial charge in [0.1, 0.15) is 0 Å². The van der Waals surface area contributed by atoms with Crippen LogP contribution < -0.4 is 5.73 Å². The second-order valence-electron chi connectivity index (χ2n) is 2.52. The predicted molar refractivity (Wildman–Crippen MR) is 46.8 cm³/mol. The van der Waals surface area contributed by atoms with Crippen molar-refractivity contribution >= 4 is 5.97 Å². The van der Waals surface area contributed by atoms with Gasteiger partial charge in [0.05, 0.1) is 26.0 Å². The number of nitrogens with two attached hydrogens (primary N) is 1. The van der Waals surface area contributed by atoms with E-state index in [1.54, 1.807) is 24.0 Å². The molecule has 1 rings (SSSR count). The number of aromatic nitrogens is 2. The minimum absolute atomic E-state index is 0.227. The summed E-state index contributed by atoms with van der Waals surface area (Å²) in [5.41, 5.74) is 6.19. The number of hydrogen-bond donors (Lipinski definition) is 1. The largest absolute Gasteiger partial charge is 0.466 e. The van der Waals surface area contributed by atoms with Crippen LogP contribution in [-0.4, -0.2) is 22.1 Å². The lowest BCUT2D eigenvalue weighted by atomic mass is 10.3. The topological polar surface area (TPSA) is 70.1 Å². The Balaban J connectivity index is 2.57. The average Bonchev–Trinajstić information content (AvgIpc) is 2.52. The fraction of sp³-hybridized carbons (Fsp3) is 0.500. The van der Waals surface area contributed by atoms with Gasteiger partial charge in [-0.2, -0.15) is 0 Å². The first-order chi connectivity index (χ1) is 6.27. The van der Waals surface area contributed by atoms with Gasteiger partial charge in [-0.3, -0.25) is 4.79 Å². The molecule has 0 radical (unpaired) electrons. The number of carbonyl (C=O) groups is 1. The van der Waals surface area contributed by atoms with Gasteiger partial charge >= 0.3 is 5.97 Å². The first-order valence-electron chi connectivity index (χ1n) is 4.12. The lowest BCUT2D eigenvalue weighted by Gasteiger charge is -2.04. The molecule has 13 heavy (non-hydrogen) atoms. The van der Waals surface area contributed by atoms with E-state index in [9.17, 15) is 4.79 Å². The Kier molecular flexibility index (Phi) is 3.45. The molecule has 0 unspecified atom stereocenters. The number of carbonyl (C=O) groups excluding carboxylic acids is 1. The van der Waals surface area contributed by atoms with Crippen LogP contribution in [0.15, 0.2) is 12.5 Å². The molecule has 0 saturated heterocycles. The van der Waals surface area contributed by atoms with Crippen molar-refractivity contribution in [3.63, 3.8) is 0 Å². The summed E-state index contributed by atoms with van der Waals surface area (Å²) >= 11 is 0. The number of ether oxygens (including phenoxy) is 1. The van der Waals surface area contributed by atoms with Gasteiger partial charge in [-0.05, 0) is 6.92 Å². The summed E-state index contributed by atoms with van der Waals surface area (Å²) in [4.78, 5) is 15.0. The van der Waals surface area contributed by atoms with Crippen molar-refractivity contribution in [2.24, 2.45) is 5.73 Å². The molecule has 0 amide bonds. The maximum Gasteiger partial charge on any atom is 0.311 e. The normalized spacial score (nSPS) is 10.0. The highest BCUT2D eigenvalue weighted by atomic mass is 16.5. The first kappa shape index (κ1) is 9.73. The zero-order valence-corrected chi connectivity index (χ0v) is 7.56. The van der Waals surface area contributed by atoms with Crippen molar-refractivity contribution in [1.82, 2.24) is 9.55 Å². The molecule has 0 bridgehead atoms. The fourth-order valence-electron chi connectivity index (χ4n) is 1.02. The molecule has 0 aliphatic heterocycles. The summed E-state index contributed by atoms with van der Waals surface area (Å²) < 4.78 is 6.50. The summed E-state index contributed by atoms with van der Waals surface area (Å²) in [5.74, 6) is -0.252. The average molecular weight is 183 g/mol. The van der Waals surface area contributed by atoms with Crippen LogP contribution in [0.1, 0.15) is 12.6 Å². The summed E-state index contributed by atoms with van der Waals surface area (Å²) in [7, 11) is 0. The highest BCUT2D eigenvalue weighted by Crippen LogP contribution is 2.00. The van der Waals surface area contributed by atoms with Crippen LogP contribution in [0.4, 0.5) is 0 Å². The molecule has 0 spiro atoms. The second kappa shape index (κ2) is 4.61. The Labute approximate surface area is 76.5 Å². The van der Waals surface area contributed by atoms with Crippen molar-refractivity contribution in [2.75, 3.05) is 6.61 Å². The maximum absolute atomic E-state index is 11.1. The molecular weight excluding hydrogens is 170 g/mol. The van der Waals surface area contributed by atoms with Crippen LogP contribution >= 0.6 is 0 Å². The van der Waals surface area contributed by atoms with Crippen molar-refractivity contribution in [1.29, 1.82) is 0 Å². The third-order valence-electron chi connectivity index (χ3n) is 1.63. The SMILES string of the molecule is CCOC(=O)Cc1cncn1CN. The minimum atomic E-state index is -0.252. The van der Waals surface area contributed by atoms with Crippen molar-refractivity contribution in [3.8, 4) is 0 Å². The van der Waals surface area contributed by atoms with Crippen LogP contribution in [0.3, 0.4) is 0 Å².